The molecule has 0 aliphatic carbocycles. The lowest BCUT2D eigenvalue weighted by Gasteiger charge is -2.20. The average Bonchev–Trinajstić information content (AvgIpc) is 2.52. The highest BCUT2D eigenvalue weighted by molar-refractivity contribution is 5.82. The highest BCUT2D eigenvalue weighted by atomic mass is 16.5. The van der Waals surface area contributed by atoms with Gasteiger partial charge in [0.1, 0.15) is 5.78 Å². The molecule has 0 spiro atoms. The molecule has 166 valence electrons. The number of amides is 2. The zero-order valence-electron chi connectivity index (χ0n) is 19.8. The minimum atomic E-state index is -0.301. The molecule has 0 aliphatic rings. The summed E-state index contributed by atoms with van der Waals surface area (Å²) in [6.45, 7) is 21.1. The molecule has 0 radical (unpaired) electrons. The monoisotopic (exact) mass is 400 g/mol. The molecule has 0 unspecified atom stereocenters. The van der Waals surface area contributed by atoms with E-state index in [2.05, 4.69) is 10.6 Å². The van der Waals surface area contributed by atoms with E-state index >= 15 is 0 Å². The summed E-state index contributed by atoms with van der Waals surface area (Å²) in [6, 6.07) is 0. The summed E-state index contributed by atoms with van der Waals surface area (Å²) in [5.74, 6) is 0.365. The van der Waals surface area contributed by atoms with E-state index in [-0.39, 0.29) is 40.4 Å². The summed E-state index contributed by atoms with van der Waals surface area (Å²) in [7, 11) is 0. The molecule has 0 aromatic rings. The SMILES string of the molecule is CC(C)(C)OCCCNC(=O)C(C)(C)C.CC(C)C(=O)CCNC(=O)C(C)C. The van der Waals surface area contributed by atoms with Gasteiger partial charge in [0, 0.05) is 43.4 Å². The van der Waals surface area contributed by atoms with Crippen LogP contribution >= 0.6 is 0 Å². The van der Waals surface area contributed by atoms with E-state index in [1.54, 1.807) is 0 Å². The van der Waals surface area contributed by atoms with Crippen molar-refractivity contribution in [2.75, 3.05) is 19.7 Å². The summed E-state index contributed by atoms with van der Waals surface area (Å²) in [6.07, 6.45) is 1.30. The Balaban J connectivity index is 0. The minimum absolute atomic E-state index is 0.00541. The number of Topliss-reactive ketones (excluding diaryl/α,β-unsaturated/α-hetero) is 1. The Hall–Kier alpha value is -1.43. The molecule has 0 saturated carbocycles. The van der Waals surface area contributed by atoms with Crippen molar-refractivity contribution in [3.63, 3.8) is 0 Å². The molecule has 0 aromatic carbocycles. The van der Waals surface area contributed by atoms with Gasteiger partial charge in [-0.15, -0.1) is 0 Å². The quantitative estimate of drug-likeness (QED) is 0.578. The highest BCUT2D eigenvalue weighted by Gasteiger charge is 2.20. The second kappa shape index (κ2) is 13.7. The Bertz CT molecular complexity index is 452. The van der Waals surface area contributed by atoms with Crippen molar-refractivity contribution in [2.24, 2.45) is 17.3 Å². The fourth-order valence-electron chi connectivity index (χ4n) is 1.72. The first-order chi connectivity index (χ1) is 12.6. The smallest absolute Gasteiger partial charge is 0.225 e. The molecule has 0 rings (SSSR count). The Morgan fingerprint density at radius 3 is 1.75 bits per heavy atom. The number of nitrogens with one attached hydrogen (secondary N) is 2. The molecule has 0 aromatic heterocycles. The number of rotatable bonds is 9. The van der Waals surface area contributed by atoms with E-state index in [9.17, 15) is 14.4 Å². The van der Waals surface area contributed by atoms with Crippen molar-refractivity contribution in [1.82, 2.24) is 10.6 Å². The van der Waals surface area contributed by atoms with Gasteiger partial charge in [-0.05, 0) is 27.2 Å². The molecule has 28 heavy (non-hydrogen) atoms. The summed E-state index contributed by atoms with van der Waals surface area (Å²) < 4.78 is 5.55. The summed E-state index contributed by atoms with van der Waals surface area (Å²) in [5.41, 5.74) is -0.390. The Labute approximate surface area is 172 Å². The van der Waals surface area contributed by atoms with Crippen molar-refractivity contribution in [1.29, 1.82) is 0 Å². The van der Waals surface area contributed by atoms with Crippen LogP contribution in [0.15, 0.2) is 0 Å². The van der Waals surface area contributed by atoms with E-state index in [0.29, 0.717) is 26.1 Å². The number of carbonyl (C=O) groups excluding carboxylic acids is 3. The lowest BCUT2D eigenvalue weighted by atomic mass is 9.96. The number of carbonyl (C=O) groups is 3. The largest absolute Gasteiger partial charge is 0.376 e. The van der Waals surface area contributed by atoms with Gasteiger partial charge in [0.25, 0.3) is 0 Å². The maximum absolute atomic E-state index is 11.5. The number of hydrogen-bond donors (Lipinski definition) is 2. The first kappa shape index (κ1) is 28.8. The van der Waals surface area contributed by atoms with Crippen LogP contribution in [0.2, 0.25) is 0 Å². The fourth-order valence-corrected chi connectivity index (χ4v) is 1.72. The Kier molecular flexibility index (Phi) is 14.1. The van der Waals surface area contributed by atoms with Crippen LogP contribution < -0.4 is 10.6 Å². The molecule has 6 nitrogen and oxygen atoms in total. The number of ketones is 1. The standard InChI is InChI=1S/C12H25NO2.C10H19NO2/c1-11(2,3)10(14)13-8-7-9-15-12(4,5)6;1-7(2)9(12)5-6-11-10(13)8(3)4/h7-9H2,1-6H3,(H,13,14);7-8H,5-6H2,1-4H3,(H,11,13). The predicted octanol–water partition coefficient (Wildman–Crippen LogP) is 3.73. The summed E-state index contributed by atoms with van der Waals surface area (Å²) in [5, 5.41) is 5.60. The van der Waals surface area contributed by atoms with Crippen LogP contribution in [-0.4, -0.2) is 42.9 Å². The van der Waals surface area contributed by atoms with Gasteiger partial charge < -0.3 is 15.4 Å². The van der Waals surface area contributed by atoms with Crippen LogP contribution in [0.25, 0.3) is 0 Å². The second-order valence-corrected chi connectivity index (χ2v) is 9.64. The van der Waals surface area contributed by atoms with Gasteiger partial charge in [0.15, 0.2) is 0 Å². The minimum Gasteiger partial charge on any atom is -0.376 e. The topological polar surface area (TPSA) is 84.5 Å². The van der Waals surface area contributed by atoms with Crippen molar-refractivity contribution in [3.8, 4) is 0 Å². The fraction of sp³-hybridized carbons (Fsp3) is 0.864. The van der Waals surface area contributed by atoms with Gasteiger partial charge in [-0.1, -0.05) is 48.5 Å². The lowest BCUT2D eigenvalue weighted by molar-refractivity contribution is -0.128. The van der Waals surface area contributed by atoms with Crippen molar-refractivity contribution in [2.45, 2.75) is 87.7 Å². The van der Waals surface area contributed by atoms with Crippen LogP contribution in [0.1, 0.15) is 82.1 Å². The molecule has 0 atom stereocenters. The molecule has 0 bridgehead atoms. The second-order valence-electron chi connectivity index (χ2n) is 9.64. The number of ether oxygens (including phenoxy) is 1. The van der Waals surface area contributed by atoms with E-state index < -0.39 is 0 Å². The van der Waals surface area contributed by atoms with Crippen LogP contribution in [0.4, 0.5) is 0 Å². The zero-order chi connectivity index (χ0) is 22.5. The maximum atomic E-state index is 11.5. The normalized spacial score (nSPS) is 11.7. The molecule has 6 heteroatoms. The third-order valence-electron chi connectivity index (χ3n) is 3.66. The van der Waals surface area contributed by atoms with Gasteiger partial charge in [-0.3, -0.25) is 14.4 Å². The van der Waals surface area contributed by atoms with E-state index in [1.807, 2.05) is 69.2 Å². The predicted molar refractivity (Wildman–Crippen MR) is 115 cm³/mol. The van der Waals surface area contributed by atoms with Gasteiger partial charge >= 0.3 is 0 Å². The lowest BCUT2D eigenvalue weighted by Crippen LogP contribution is -2.35. The van der Waals surface area contributed by atoms with E-state index in [4.69, 9.17) is 4.74 Å². The van der Waals surface area contributed by atoms with Crippen molar-refractivity contribution in [3.05, 3.63) is 0 Å². The number of hydrogen-bond acceptors (Lipinski definition) is 4. The van der Waals surface area contributed by atoms with E-state index in [0.717, 1.165) is 6.42 Å². The molecule has 0 fully saturated rings. The average molecular weight is 401 g/mol. The third kappa shape index (κ3) is 18.0. The van der Waals surface area contributed by atoms with Crippen molar-refractivity contribution < 1.29 is 19.1 Å². The van der Waals surface area contributed by atoms with Crippen LogP contribution in [0.3, 0.4) is 0 Å². The van der Waals surface area contributed by atoms with Gasteiger partial charge in [0.2, 0.25) is 11.8 Å². The van der Waals surface area contributed by atoms with Gasteiger partial charge in [-0.25, -0.2) is 0 Å². The first-order valence-corrected chi connectivity index (χ1v) is 10.3. The molecule has 0 saturated heterocycles. The Morgan fingerprint density at radius 1 is 0.821 bits per heavy atom. The molecule has 0 heterocycles. The van der Waals surface area contributed by atoms with Crippen LogP contribution in [0.5, 0.6) is 0 Å². The highest BCUT2D eigenvalue weighted by Crippen LogP contribution is 2.12. The molecule has 0 aliphatic heterocycles. The third-order valence-corrected chi connectivity index (χ3v) is 3.66. The van der Waals surface area contributed by atoms with Crippen LogP contribution in [-0.2, 0) is 19.1 Å². The molecular formula is C22H44N2O4. The van der Waals surface area contributed by atoms with Crippen LogP contribution in [0, 0.1) is 17.3 Å². The molecule has 2 amide bonds. The molecular weight excluding hydrogens is 356 g/mol. The van der Waals surface area contributed by atoms with E-state index in [1.165, 1.54) is 0 Å². The summed E-state index contributed by atoms with van der Waals surface area (Å²) in [4.78, 5) is 33.7. The molecule has 2 N–H and O–H groups in total. The Morgan fingerprint density at radius 2 is 1.36 bits per heavy atom. The van der Waals surface area contributed by atoms with Gasteiger partial charge in [-0.2, -0.15) is 0 Å². The summed E-state index contributed by atoms with van der Waals surface area (Å²) >= 11 is 0. The van der Waals surface area contributed by atoms with Gasteiger partial charge in [0.05, 0.1) is 5.60 Å². The van der Waals surface area contributed by atoms with Crippen molar-refractivity contribution >= 4 is 17.6 Å². The zero-order valence-corrected chi connectivity index (χ0v) is 19.8. The maximum Gasteiger partial charge on any atom is 0.225 e. The first-order valence-electron chi connectivity index (χ1n) is 10.3.